The molecule has 0 amide bonds. The maximum atomic E-state index is 14.4. The van der Waals surface area contributed by atoms with Crippen molar-refractivity contribution in [2.45, 2.75) is 12.8 Å². The highest BCUT2D eigenvalue weighted by Crippen LogP contribution is 2.51. The van der Waals surface area contributed by atoms with E-state index in [1.165, 1.54) is 31.4 Å². The molecule has 2 nitrogen and oxygen atoms in total. The summed E-state index contributed by atoms with van der Waals surface area (Å²) in [6, 6.07) is 9.10. The molecule has 0 aliphatic heterocycles. The second-order valence-electron chi connectivity index (χ2n) is 4.88. The molecule has 2 aromatic carbocycles. The Morgan fingerprint density at radius 2 is 1.80 bits per heavy atom. The average molecular weight is 274 g/mol. The third-order valence-corrected chi connectivity index (χ3v) is 3.58. The molecule has 0 bridgehead atoms. The molecule has 0 unspecified atom stereocenters. The van der Waals surface area contributed by atoms with Crippen LogP contribution in [0.15, 0.2) is 36.4 Å². The monoisotopic (exact) mass is 274 g/mol. The maximum absolute atomic E-state index is 14.4. The lowest BCUT2D eigenvalue weighted by atomic mass is 10.0. The average Bonchev–Trinajstić information content (AvgIpc) is 2.66. The van der Waals surface area contributed by atoms with Crippen LogP contribution in [0, 0.1) is 6.92 Å². The van der Waals surface area contributed by atoms with Crippen LogP contribution in [0.4, 0.5) is 8.78 Å². The fourth-order valence-corrected chi connectivity index (χ4v) is 2.58. The Morgan fingerprint density at radius 1 is 1.05 bits per heavy atom. The molecule has 0 atom stereocenters. The first kappa shape index (κ1) is 12.8. The van der Waals surface area contributed by atoms with E-state index in [1.54, 1.807) is 19.1 Å². The summed E-state index contributed by atoms with van der Waals surface area (Å²) < 4.78 is 33.4. The number of carbonyl (C=O) groups is 1. The maximum Gasteiger partial charge on any atom is 0.337 e. The number of carbonyl (C=O) groups excluding carboxylic acids is 1. The van der Waals surface area contributed by atoms with Gasteiger partial charge in [0, 0.05) is 11.1 Å². The van der Waals surface area contributed by atoms with Gasteiger partial charge in [-0.15, -0.1) is 0 Å². The van der Waals surface area contributed by atoms with Crippen LogP contribution >= 0.6 is 0 Å². The number of benzene rings is 2. The fraction of sp³-hybridized carbons (Fsp3) is 0.188. The first-order valence-electron chi connectivity index (χ1n) is 6.17. The lowest BCUT2D eigenvalue weighted by Gasteiger charge is -2.12. The van der Waals surface area contributed by atoms with Crippen molar-refractivity contribution in [3.05, 3.63) is 58.7 Å². The highest BCUT2D eigenvalue weighted by Gasteiger charge is 2.44. The summed E-state index contributed by atoms with van der Waals surface area (Å²) in [6.45, 7) is 1.78. The van der Waals surface area contributed by atoms with Gasteiger partial charge in [0.15, 0.2) is 0 Å². The van der Waals surface area contributed by atoms with E-state index in [9.17, 15) is 13.6 Å². The zero-order valence-corrected chi connectivity index (χ0v) is 11.0. The molecule has 0 saturated carbocycles. The minimum absolute atomic E-state index is 0.00508. The first-order chi connectivity index (χ1) is 9.45. The quantitative estimate of drug-likeness (QED) is 0.737. The fourth-order valence-electron chi connectivity index (χ4n) is 2.58. The third kappa shape index (κ3) is 1.64. The molecule has 2 aromatic rings. The predicted octanol–water partition coefficient (Wildman–Crippen LogP) is 3.90. The van der Waals surface area contributed by atoms with Gasteiger partial charge in [-0.3, -0.25) is 0 Å². The molecule has 4 heteroatoms. The van der Waals surface area contributed by atoms with Gasteiger partial charge in [-0.25, -0.2) is 4.79 Å². The molecule has 0 aromatic heterocycles. The number of methoxy groups -OCH3 is 1. The number of fused-ring (bicyclic) bond motifs is 3. The van der Waals surface area contributed by atoms with Gasteiger partial charge < -0.3 is 4.74 Å². The minimum atomic E-state index is -3.02. The van der Waals surface area contributed by atoms with Crippen LogP contribution in [0.25, 0.3) is 11.1 Å². The van der Waals surface area contributed by atoms with Crippen molar-refractivity contribution in [3.8, 4) is 11.1 Å². The summed E-state index contributed by atoms with van der Waals surface area (Å²) in [7, 11) is 1.27. The van der Waals surface area contributed by atoms with E-state index < -0.39 is 11.9 Å². The molecule has 102 valence electrons. The van der Waals surface area contributed by atoms with Crippen molar-refractivity contribution >= 4 is 5.97 Å². The normalized spacial score (nSPS) is 14.6. The van der Waals surface area contributed by atoms with Gasteiger partial charge in [0.1, 0.15) is 0 Å². The molecular formula is C16H12F2O2. The van der Waals surface area contributed by atoms with Gasteiger partial charge in [0.05, 0.1) is 12.7 Å². The smallest absolute Gasteiger partial charge is 0.337 e. The Morgan fingerprint density at radius 3 is 2.50 bits per heavy atom. The van der Waals surface area contributed by atoms with Crippen molar-refractivity contribution in [2.75, 3.05) is 7.11 Å². The zero-order valence-electron chi connectivity index (χ0n) is 11.0. The summed E-state index contributed by atoms with van der Waals surface area (Å²) in [4.78, 5) is 11.5. The molecular weight excluding hydrogens is 262 g/mol. The van der Waals surface area contributed by atoms with E-state index in [0.29, 0.717) is 11.1 Å². The van der Waals surface area contributed by atoms with Crippen LogP contribution < -0.4 is 0 Å². The molecule has 0 radical (unpaired) electrons. The Balaban J connectivity index is 2.26. The van der Waals surface area contributed by atoms with Crippen molar-refractivity contribution in [1.82, 2.24) is 0 Å². The minimum Gasteiger partial charge on any atom is -0.465 e. The largest absolute Gasteiger partial charge is 0.465 e. The zero-order chi connectivity index (χ0) is 14.5. The molecule has 0 N–H and O–H groups in total. The SMILES string of the molecule is COC(=O)c1ccc2c(c1)-c1ccc(C)cc1C2(F)F. The van der Waals surface area contributed by atoms with Crippen LogP contribution in [-0.4, -0.2) is 13.1 Å². The van der Waals surface area contributed by atoms with Crippen molar-refractivity contribution in [3.63, 3.8) is 0 Å². The molecule has 1 aliphatic carbocycles. The number of hydrogen-bond donors (Lipinski definition) is 0. The van der Waals surface area contributed by atoms with Gasteiger partial charge in [0.2, 0.25) is 0 Å². The topological polar surface area (TPSA) is 26.3 Å². The Hall–Kier alpha value is -2.23. The van der Waals surface area contributed by atoms with Gasteiger partial charge in [-0.05, 0) is 36.2 Å². The molecule has 3 rings (SSSR count). The molecule has 0 fully saturated rings. The van der Waals surface area contributed by atoms with Crippen LogP contribution in [-0.2, 0) is 10.7 Å². The summed E-state index contributed by atoms with van der Waals surface area (Å²) in [5.41, 5.74) is 1.86. The van der Waals surface area contributed by atoms with Gasteiger partial charge in [-0.1, -0.05) is 23.8 Å². The summed E-state index contributed by atoms with van der Waals surface area (Å²) >= 11 is 0. The number of ether oxygens (including phenoxy) is 1. The van der Waals surface area contributed by atoms with Crippen molar-refractivity contribution in [2.24, 2.45) is 0 Å². The Bertz CT molecular complexity index is 720. The van der Waals surface area contributed by atoms with Crippen LogP contribution in [0.5, 0.6) is 0 Å². The standard InChI is InChI=1S/C16H12F2O2/c1-9-3-5-11-12-8-10(15(19)20-2)4-6-13(12)16(17,18)14(11)7-9/h3-8H,1-2H3. The van der Waals surface area contributed by atoms with E-state index in [2.05, 4.69) is 4.74 Å². The second-order valence-corrected chi connectivity index (χ2v) is 4.88. The third-order valence-electron chi connectivity index (χ3n) is 3.58. The van der Waals surface area contributed by atoms with Crippen LogP contribution in [0.1, 0.15) is 27.0 Å². The molecule has 0 saturated heterocycles. The van der Waals surface area contributed by atoms with Crippen molar-refractivity contribution < 1.29 is 18.3 Å². The number of alkyl halides is 2. The van der Waals surface area contributed by atoms with Gasteiger partial charge in [0.25, 0.3) is 5.92 Å². The summed E-state index contributed by atoms with van der Waals surface area (Å²) in [5, 5.41) is 0. The van der Waals surface area contributed by atoms with Crippen LogP contribution in [0.3, 0.4) is 0 Å². The van der Waals surface area contributed by atoms with Gasteiger partial charge in [-0.2, -0.15) is 8.78 Å². The predicted molar refractivity (Wildman–Crippen MR) is 71.0 cm³/mol. The van der Waals surface area contributed by atoms with Crippen molar-refractivity contribution in [1.29, 1.82) is 0 Å². The Kier molecular flexibility index (Phi) is 2.64. The number of halogens is 2. The number of rotatable bonds is 1. The molecule has 20 heavy (non-hydrogen) atoms. The first-order valence-corrected chi connectivity index (χ1v) is 6.17. The Labute approximate surface area is 115 Å². The van der Waals surface area contributed by atoms with E-state index >= 15 is 0 Å². The highest BCUT2D eigenvalue weighted by molar-refractivity contribution is 5.93. The molecule has 0 heterocycles. The number of hydrogen-bond acceptors (Lipinski definition) is 2. The van der Waals surface area contributed by atoms with E-state index in [1.807, 2.05) is 0 Å². The number of esters is 1. The second kappa shape index (κ2) is 4.13. The summed E-state index contributed by atoms with van der Waals surface area (Å²) in [5.74, 6) is -3.55. The van der Waals surface area contributed by atoms with E-state index in [0.717, 1.165) is 5.56 Å². The van der Waals surface area contributed by atoms with E-state index in [-0.39, 0.29) is 16.7 Å². The molecule has 1 aliphatic rings. The van der Waals surface area contributed by atoms with Gasteiger partial charge >= 0.3 is 5.97 Å². The van der Waals surface area contributed by atoms with Crippen LogP contribution in [0.2, 0.25) is 0 Å². The lowest BCUT2D eigenvalue weighted by molar-refractivity contribution is 0.0477. The molecule has 0 spiro atoms. The van der Waals surface area contributed by atoms with E-state index in [4.69, 9.17) is 0 Å². The number of aryl methyl sites for hydroxylation is 1. The summed E-state index contributed by atoms with van der Waals surface area (Å²) in [6.07, 6.45) is 0. The highest BCUT2D eigenvalue weighted by atomic mass is 19.3. The lowest BCUT2D eigenvalue weighted by Crippen LogP contribution is -2.11.